The first-order chi connectivity index (χ1) is 11.5. The Morgan fingerprint density at radius 1 is 1.00 bits per heavy atom. The quantitative estimate of drug-likeness (QED) is 0.630. The summed E-state index contributed by atoms with van der Waals surface area (Å²) < 4.78 is 11.3. The molecule has 0 aromatic heterocycles. The second-order valence-corrected chi connectivity index (χ2v) is 6.55. The van der Waals surface area contributed by atoms with E-state index in [1.54, 1.807) is 7.11 Å². The third-order valence-electron chi connectivity index (χ3n) is 3.71. The number of aryl methyl sites for hydroxylation is 2. The average Bonchev–Trinajstić information content (AvgIpc) is 2.52. The maximum Gasteiger partial charge on any atom is 0.161 e. The monoisotopic (exact) mass is 325 g/mol. The number of aliphatic imine (C=N–C) groups is 1. The first-order valence-electron chi connectivity index (χ1n) is 8.41. The number of hydrogen-bond acceptors (Lipinski definition) is 3. The Morgan fingerprint density at radius 3 is 2.33 bits per heavy atom. The van der Waals surface area contributed by atoms with Gasteiger partial charge < -0.3 is 9.47 Å². The van der Waals surface area contributed by atoms with Gasteiger partial charge in [0.25, 0.3) is 0 Å². The van der Waals surface area contributed by atoms with Gasteiger partial charge in [-0.05, 0) is 73.2 Å². The van der Waals surface area contributed by atoms with Gasteiger partial charge in [-0.2, -0.15) is 0 Å². The molecule has 0 saturated heterocycles. The third-order valence-corrected chi connectivity index (χ3v) is 3.71. The highest BCUT2D eigenvalue weighted by atomic mass is 16.5. The summed E-state index contributed by atoms with van der Waals surface area (Å²) in [5.41, 5.74) is 4.38. The molecule has 128 valence electrons. The van der Waals surface area contributed by atoms with Crippen molar-refractivity contribution in [2.75, 3.05) is 13.7 Å². The van der Waals surface area contributed by atoms with Crippen molar-refractivity contribution in [1.29, 1.82) is 0 Å². The van der Waals surface area contributed by atoms with Crippen molar-refractivity contribution in [3.63, 3.8) is 0 Å². The van der Waals surface area contributed by atoms with Crippen molar-refractivity contribution >= 4 is 11.9 Å². The molecule has 0 bridgehead atoms. The van der Waals surface area contributed by atoms with E-state index >= 15 is 0 Å². The van der Waals surface area contributed by atoms with Crippen LogP contribution in [0, 0.1) is 19.8 Å². The van der Waals surface area contributed by atoms with E-state index in [-0.39, 0.29) is 0 Å². The van der Waals surface area contributed by atoms with Gasteiger partial charge in [-0.3, -0.25) is 4.99 Å². The molecule has 2 rings (SSSR count). The van der Waals surface area contributed by atoms with Crippen molar-refractivity contribution in [2.24, 2.45) is 10.9 Å². The molecule has 2 aromatic carbocycles. The topological polar surface area (TPSA) is 30.8 Å². The van der Waals surface area contributed by atoms with Gasteiger partial charge in [-0.25, -0.2) is 0 Å². The lowest BCUT2D eigenvalue weighted by Crippen LogP contribution is -2.02. The van der Waals surface area contributed by atoms with E-state index in [0.717, 1.165) is 29.2 Å². The zero-order valence-electron chi connectivity index (χ0n) is 15.3. The molecule has 0 N–H and O–H groups in total. The number of rotatable bonds is 7. The summed E-state index contributed by atoms with van der Waals surface area (Å²) >= 11 is 0. The zero-order chi connectivity index (χ0) is 17.5. The highest BCUT2D eigenvalue weighted by Crippen LogP contribution is 2.28. The number of ether oxygens (including phenoxy) is 2. The molecule has 0 heterocycles. The molecule has 0 aliphatic carbocycles. The van der Waals surface area contributed by atoms with Crippen LogP contribution in [-0.2, 0) is 0 Å². The lowest BCUT2D eigenvalue weighted by molar-refractivity contribution is 0.273. The molecule has 2 aromatic rings. The first kappa shape index (κ1) is 18.1. The van der Waals surface area contributed by atoms with Crippen LogP contribution in [0.4, 0.5) is 5.69 Å². The van der Waals surface area contributed by atoms with Crippen LogP contribution >= 0.6 is 0 Å². The van der Waals surface area contributed by atoms with E-state index in [9.17, 15) is 0 Å². The number of benzene rings is 2. The summed E-state index contributed by atoms with van der Waals surface area (Å²) in [6.45, 7) is 9.24. The summed E-state index contributed by atoms with van der Waals surface area (Å²) in [6, 6.07) is 12.2. The van der Waals surface area contributed by atoms with Gasteiger partial charge in [-0.1, -0.05) is 19.9 Å². The molecule has 0 spiro atoms. The lowest BCUT2D eigenvalue weighted by atomic mass is 10.1. The molecule has 3 nitrogen and oxygen atoms in total. The Morgan fingerprint density at radius 2 is 1.71 bits per heavy atom. The van der Waals surface area contributed by atoms with Crippen LogP contribution in [0.5, 0.6) is 11.5 Å². The molecule has 0 radical (unpaired) electrons. The molecule has 0 amide bonds. The van der Waals surface area contributed by atoms with Gasteiger partial charge in [0.15, 0.2) is 11.5 Å². The minimum absolute atomic E-state index is 0.625. The molecule has 0 atom stereocenters. The average molecular weight is 325 g/mol. The zero-order valence-corrected chi connectivity index (χ0v) is 15.3. The van der Waals surface area contributed by atoms with Gasteiger partial charge in [0, 0.05) is 6.21 Å². The highest BCUT2D eigenvalue weighted by Gasteiger charge is 2.05. The fraction of sp³-hybridized carbons (Fsp3) is 0.381. The Kier molecular flexibility index (Phi) is 6.42. The standard InChI is InChI=1S/C21H27NO2/c1-15(2)8-9-24-20-7-6-18(13-21(20)23-5)14-22-19-11-16(3)10-17(4)12-19/h6-7,10-15H,8-9H2,1-5H3. The maximum atomic E-state index is 5.82. The molecule has 0 aliphatic rings. The van der Waals surface area contributed by atoms with Crippen molar-refractivity contribution in [3.8, 4) is 11.5 Å². The lowest BCUT2D eigenvalue weighted by Gasteiger charge is -2.12. The first-order valence-corrected chi connectivity index (χ1v) is 8.41. The third kappa shape index (κ3) is 5.41. The van der Waals surface area contributed by atoms with Gasteiger partial charge in [0.2, 0.25) is 0 Å². The summed E-state index contributed by atoms with van der Waals surface area (Å²) in [5, 5.41) is 0. The van der Waals surface area contributed by atoms with E-state index in [2.05, 4.69) is 50.9 Å². The van der Waals surface area contributed by atoms with Crippen LogP contribution in [0.15, 0.2) is 41.4 Å². The molecular weight excluding hydrogens is 298 g/mol. The molecule has 0 fully saturated rings. The van der Waals surface area contributed by atoms with E-state index in [0.29, 0.717) is 12.5 Å². The van der Waals surface area contributed by atoms with E-state index in [1.165, 1.54) is 11.1 Å². The van der Waals surface area contributed by atoms with Crippen LogP contribution in [0.25, 0.3) is 0 Å². The Bertz CT molecular complexity index is 685. The summed E-state index contributed by atoms with van der Waals surface area (Å²) in [6.07, 6.45) is 2.88. The molecule has 0 saturated carbocycles. The van der Waals surface area contributed by atoms with E-state index in [1.807, 2.05) is 24.4 Å². The van der Waals surface area contributed by atoms with E-state index < -0.39 is 0 Å². The summed E-state index contributed by atoms with van der Waals surface area (Å²) in [7, 11) is 1.66. The van der Waals surface area contributed by atoms with Crippen LogP contribution in [0.2, 0.25) is 0 Å². The smallest absolute Gasteiger partial charge is 0.161 e. The largest absolute Gasteiger partial charge is 0.493 e. The summed E-state index contributed by atoms with van der Waals surface area (Å²) in [5.74, 6) is 2.14. The van der Waals surface area contributed by atoms with Crippen LogP contribution in [-0.4, -0.2) is 19.9 Å². The number of hydrogen-bond donors (Lipinski definition) is 0. The van der Waals surface area contributed by atoms with Crippen LogP contribution in [0.1, 0.15) is 37.0 Å². The molecule has 0 aliphatic heterocycles. The molecule has 24 heavy (non-hydrogen) atoms. The predicted molar refractivity (Wildman–Crippen MR) is 101 cm³/mol. The minimum atomic E-state index is 0.625. The van der Waals surface area contributed by atoms with Crippen LogP contribution in [0.3, 0.4) is 0 Å². The Labute approximate surface area is 145 Å². The molecule has 3 heteroatoms. The Hall–Kier alpha value is -2.29. The maximum absolute atomic E-state index is 5.82. The van der Waals surface area contributed by atoms with Crippen molar-refractivity contribution in [1.82, 2.24) is 0 Å². The van der Waals surface area contributed by atoms with E-state index in [4.69, 9.17) is 9.47 Å². The molecule has 0 unspecified atom stereocenters. The van der Waals surface area contributed by atoms with Gasteiger partial charge in [-0.15, -0.1) is 0 Å². The second-order valence-electron chi connectivity index (χ2n) is 6.55. The normalized spacial score (nSPS) is 11.2. The van der Waals surface area contributed by atoms with Gasteiger partial charge >= 0.3 is 0 Å². The van der Waals surface area contributed by atoms with Crippen molar-refractivity contribution in [2.45, 2.75) is 34.1 Å². The number of nitrogens with zero attached hydrogens (tertiary/aromatic N) is 1. The van der Waals surface area contributed by atoms with Gasteiger partial charge in [0.1, 0.15) is 0 Å². The second kappa shape index (κ2) is 8.53. The highest BCUT2D eigenvalue weighted by molar-refractivity contribution is 5.83. The van der Waals surface area contributed by atoms with Crippen LogP contribution < -0.4 is 9.47 Å². The predicted octanol–water partition coefficient (Wildman–Crippen LogP) is 5.49. The molecular formula is C21H27NO2. The minimum Gasteiger partial charge on any atom is -0.493 e. The van der Waals surface area contributed by atoms with Crippen molar-refractivity contribution in [3.05, 3.63) is 53.1 Å². The SMILES string of the molecule is COc1cc(C=Nc2cc(C)cc(C)c2)ccc1OCCC(C)C. The fourth-order valence-electron chi connectivity index (χ4n) is 2.46. The number of methoxy groups -OCH3 is 1. The van der Waals surface area contributed by atoms with Crippen molar-refractivity contribution < 1.29 is 9.47 Å². The summed E-state index contributed by atoms with van der Waals surface area (Å²) in [4.78, 5) is 4.57. The fourth-order valence-corrected chi connectivity index (χ4v) is 2.46. The Balaban J connectivity index is 2.12. The van der Waals surface area contributed by atoms with Gasteiger partial charge in [0.05, 0.1) is 19.4 Å².